The van der Waals surface area contributed by atoms with Gasteiger partial charge in [-0.05, 0) is 51.9 Å². The summed E-state index contributed by atoms with van der Waals surface area (Å²) in [7, 11) is -2.99. The normalized spacial score (nSPS) is 13.4. The highest BCUT2D eigenvalue weighted by molar-refractivity contribution is 7.73. The third-order valence-electron chi connectivity index (χ3n) is 4.84. The predicted molar refractivity (Wildman–Crippen MR) is 132 cm³/mol. The van der Waals surface area contributed by atoms with E-state index in [4.69, 9.17) is 13.3 Å². The van der Waals surface area contributed by atoms with E-state index in [2.05, 4.69) is 74.1 Å². The summed E-state index contributed by atoms with van der Waals surface area (Å²) in [5, 5.41) is 2.85. The van der Waals surface area contributed by atoms with Gasteiger partial charge in [-0.3, -0.25) is 0 Å². The maximum absolute atomic E-state index is 6.57. The van der Waals surface area contributed by atoms with E-state index in [0.29, 0.717) is 13.2 Å². The van der Waals surface area contributed by atoms with Gasteiger partial charge in [0.1, 0.15) is 0 Å². The summed E-state index contributed by atoms with van der Waals surface area (Å²) in [6, 6.07) is 24.0. The minimum Gasteiger partial charge on any atom is -0.374 e. The summed E-state index contributed by atoms with van der Waals surface area (Å²) in [4.78, 5) is 0. The van der Waals surface area contributed by atoms with Crippen LogP contribution in [0.2, 0.25) is 18.6 Å². The molecule has 1 atom stereocenters. The van der Waals surface area contributed by atoms with Crippen LogP contribution >= 0.6 is 7.92 Å². The molecule has 0 radical (unpaired) electrons. The number of hydrogen-bond acceptors (Lipinski definition) is 3. The summed E-state index contributed by atoms with van der Waals surface area (Å²) >= 11 is 0. The highest BCUT2D eigenvalue weighted by atomic mass is 31.1. The Bertz CT molecular complexity index is 627. The van der Waals surface area contributed by atoms with E-state index < -0.39 is 16.7 Å². The number of hydrogen-bond donors (Lipinski definition) is 0. The molecule has 2 rings (SSSR count). The van der Waals surface area contributed by atoms with Gasteiger partial charge in [-0.25, -0.2) is 0 Å². The van der Waals surface area contributed by atoms with Crippen LogP contribution in [0.15, 0.2) is 60.7 Å². The lowest BCUT2D eigenvalue weighted by atomic mass is 10.3. The van der Waals surface area contributed by atoms with Crippen molar-refractivity contribution in [2.45, 2.75) is 51.9 Å². The van der Waals surface area contributed by atoms with Gasteiger partial charge in [-0.2, -0.15) is 0 Å². The van der Waals surface area contributed by atoms with Crippen molar-refractivity contribution in [3.05, 3.63) is 60.7 Å². The molecule has 29 heavy (non-hydrogen) atoms. The van der Waals surface area contributed by atoms with Crippen LogP contribution < -0.4 is 10.6 Å². The van der Waals surface area contributed by atoms with Gasteiger partial charge in [-0.1, -0.05) is 73.3 Å². The zero-order valence-electron chi connectivity index (χ0n) is 18.5. The van der Waals surface area contributed by atoms with Gasteiger partial charge in [0.2, 0.25) is 0 Å². The molecule has 0 saturated carbocycles. The van der Waals surface area contributed by atoms with Crippen LogP contribution in [0.25, 0.3) is 0 Å². The first-order chi connectivity index (χ1) is 14.1. The molecule has 2 aromatic carbocycles. The molecule has 1 unspecified atom stereocenters. The zero-order chi connectivity index (χ0) is 21.0. The molecule has 2 aromatic rings. The molecule has 6 heteroatoms. The fourth-order valence-electron chi connectivity index (χ4n) is 3.45. The van der Waals surface area contributed by atoms with Gasteiger partial charge in [-0.15, -0.1) is 0 Å². The first kappa shape index (κ1) is 24.5. The lowest BCUT2D eigenvalue weighted by molar-refractivity contribution is 0.0386. The third kappa shape index (κ3) is 8.08. The maximum Gasteiger partial charge on any atom is 0.500 e. The molecule has 3 nitrogen and oxygen atoms in total. The highest BCUT2D eigenvalue weighted by Crippen LogP contribution is 2.35. The Balaban J connectivity index is 2.09. The summed E-state index contributed by atoms with van der Waals surface area (Å²) < 4.78 is 18.9. The monoisotopic (exact) mass is 448 g/mol. The first-order valence-electron chi connectivity index (χ1n) is 11.0. The van der Waals surface area contributed by atoms with E-state index in [9.17, 15) is 0 Å². The lowest BCUT2D eigenvalue weighted by Gasteiger charge is -2.32. The van der Waals surface area contributed by atoms with Gasteiger partial charge in [0, 0.05) is 34.9 Å². The summed E-state index contributed by atoms with van der Waals surface area (Å²) in [5.41, 5.74) is 0. The summed E-state index contributed by atoms with van der Waals surface area (Å²) in [6.07, 6.45) is 2.25. The quantitative estimate of drug-likeness (QED) is 0.313. The average molecular weight is 449 g/mol. The first-order valence-corrected chi connectivity index (χ1v) is 16.8. The molecular weight excluding hydrogens is 411 g/mol. The molecule has 0 bridgehead atoms. The van der Waals surface area contributed by atoms with Crippen LogP contribution in [-0.4, -0.2) is 43.8 Å². The van der Waals surface area contributed by atoms with Gasteiger partial charge >= 0.3 is 8.80 Å². The predicted octanol–water partition coefficient (Wildman–Crippen LogP) is 4.56. The third-order valence-corrected chi connectivity index (χ3v) is 12.3. The van der Waals surface area contributed by atoms with Crippen molar-refractivity contribution < 1.29 is 13.3 Å². The molecule has 0 aromatic heterocycles. The van der Waals surface area contributed by atoms with Gasteiger partial charge in [0.15, 0.2) is 0 Å². The Hall–Kier alpha value is -0.816. The molecule has 0 aliphatic heterocycles. The minimum atomic E-state index is -2.57. The lowest BCUT2D eigenvalue weighted by Crippen LogP contribution is -2.48. The van der Waals surface area contributed by atoms with E-state index in [0.717, 1.165) is 18.6 Å². The molecule has 0 fully saturated rings. The van der Waals surface area contributed by atoms with Crippen molar-refractivity contribution in [2.24, 2.45) is 0 Å². The summed E-state index contributed by atoms with van der Waals surface area (Å²) in [6.45, 7) is 9.93. The Morgan fingerprint density at radius 3 is 1.86 bits per heavy atom. The van der Waals surface area contributed by atoms with Crippen molar-refractivity contribution in [3.8, 4) is 0 Å². The van der Waals surface area contributed by atoms with Crippen molar-refractivity contribution >= 4 is 36.9 Å². The molecule has 0 spiro atoms. The summed E-state index contributed by atoms with van der Waals surface area (Å²) in [5.74, 6) is 0. The smallest absolute Gasteiger partial charge is 0.374 e. The second-order valence-electron chi connectivity index (χ2n) is 7.19. The number of rotatable bonds is 14. The SMILES string of the molecule is CCO[Si](CC[SiH2]C)(OCC)OC(C)CCP(c1ccccc1)c1ccccc1. The Morgan fingerprint density at radius 1 is 0.897 bits per heavy atom. The fourth-order valence-corrected chi connectivity index (χ4v) is 11.3. The van der Waals surface area contributed by atoms with Crippen molar-refractivity contribution in [3.63, 3.8) is 0 Å². The van der Waals surface area contributed by atoms with Crippen LogP contribution in [-0.2, 0) is 13.3 Å². The Labute approximate surface area is 182 Å². The van der Waals surface area contributed by atoms with Crippen LogP contribution in [0.4, 0.5) is 0 Å². The fraction of sp³-hybridized carbons (Fsp3) is 0.478. The molecule has 0 aliphatic rings. The topological polar surface area (TPSA) is 27.7 Å². The van der Waals surface area contributed by atoms with Crippen molar-refractivity contribution in [1.29, 1.82) is 0 Å². The molecule has 0 saturated heterocycles. The van der Waals surface area contributed by atoms with E-state index in [1.165, 1.54) is 16.7 Å². The van der Waals surface area contributed by atoms with E-state index in [1.54, 1.807) is 0 Å². The Morgan fingerprint density at radius 2 is 1.41 bits per heavy atom. The van der Waals surface area contributed by atoms with Gasteiger partial charge < -0.3 is 13.3 Å². The van der Waals surface area contributed by atoms with Crippen molar-refractivity contribution in [2.75, 3.05) is 19.4 Å². The van der Waals surface area contributed by atoms with Crippen LogP contribution in [0.3, 0.4) is 0 Å². The molecular formula is C23H37O3PSi2. The molecule has 160 valence electrons. The van der Waals surface area contributed by atoms with E-state index in [1.807, 2.05) is 13.8 Å². The van der Waals surface area contributed by atoms with E-state index in [-0.39, 0.29) is 15.6 Å². The molecule has 0 amide bonds. The van der Waals surface area contributed by atoms with Crippen molar-refractivity contribution in [1.82, 2.24) is 0 Å². The second-order valence-corrected chi connectivity index (χ2v) is 13.9. The molecule has 0 aliphatic carbocycles. The second kappa shape index (κ2) is 13.5. The van der Waals surface area contributed by atoms with Gasteiger partial charge in [0.05, 0.1) is 0 Å². The standard InChI is InChI=1S/C23H37O3PSi2/c1-5-24-29(25-6-2,20-19-28-4)26-21(3)17-18-27(22-13-9-7-10-14-22)23-15-11-8-12-16-23/h7-16,21H,5-6,17-20,28H2,1-4H3. The van der Waals surface area contributed by atoms with Crippen LogP contribution in [0, 0.1) is 0 Å². The highest BCUT2D eigenvalue weighted by Gasteiger charge is 2.41. The zero-order valence-corrected chi connectivity index (χ0v) is 21.8. The maximum atomic E-state index is 6.57. The Kier molecular flexibility index (Phi) is 11.4. The molecule has 0 N–H and O–H groups in total. The molecule has 0 heterocycles. The average Bonchev–Trinajstić information content (AvgIpc) is 2.74. The van der Waals surface area contributed by atoms with Gasteiger partial charge in [0.25, 0.3) is 0 Å². The van der Waals surface area contributed by atoms with E-state index >= 15 is 0 Å². The van der Waals surface area contributed by atoms with Crippen LogP contribution in [0.5, 0.6) is 0 Å². The largest absolute Gasteiger partial charge is 0.500 e. The van der Waals surface area contributed by atoms with Crippen LogP contribution in [0.1, 0.15) is 27.2 Å². The number of benzene rings is 2. The minimum absolute atomic E-state index is 0.0302.